The van der Waals surface area contributed by atoms with Gasteiger partial charge in [0.1, 0.15) is 11.9 Å². The van der Waals surface area contributed by atoms with Crippen LogP contribution in [0.15, 0.2) is 41.3 Å². The van der Waals surface area contributed by atoms with E-state index in [9.17, 15) is 21.8 Å². The van der Waals surface area contributed by atoms with E-state index < -0.39 is 34.5 Å². The Morgan fingerprint density at radius 2 is 1.98 bits per heavy atom. The van der Waals surface area contributed by atoms with Crippen molar-refractivity contribution >= 4 is 42.5 Å². The van der Waals surface area contributed by atoms with Crippen molar-refractivity contribution in [3.05, 3.63) is 46.8 Å². The van der Waals surface area contributed by atoms with Crippen LogP contribution in [0.2, 0.25) is 0 Å². The monoisotopic (exact) mass is 608 g/mol. The van der Waals surface area contributed by atoms with Crippen LogP contribution in [-0.2, 0) is 16.1 Å². The van der Waals surface area contributed by atoms with Crippen LogP contribution in [0.1, 0.15) is 29.7 Å². The van der Waals surface area contributed by atoms with Crippen LogP contribution >= 0.6 is 11.3 Å². The number of alkyl halides is 4. The number of nitrogens with zero attached hydrogens (tertiary/aromatic N) is 1. The summed E-state index contributed by atoms with van der Waals surface area (Å²) in [4.78, 5) is 2.65. The highest BCUT2D eigenvalue weighted by molar-refractivity contribution is 7.93. The van der Waals surface area contributed by atoms with E-state index >= 15 is 0 Å². The van der Waals surface area contributed by atoms with Crippen molar-refractivity contribution in [1.82, 2.24) is 4.90 Å². The van der Waals surface area contributed by atoms with Crippen LogP contribution in [0.3, 0.4) is 0 Å². The fraction of sp³-hybridized carbons (Fsp3) is 0.448. The molecule has 41 heavy (non-hydrogen) atoms. The summed E-state index contributed by atoms with van der Waals surface area (Å²) >= 11 is 1.17. The molecule has 0 amide bonds. The molecule has 3 aromatic rings. The molecule has 1 saturated heterocycles. The zero-order chi connectivity index (χ0) is 29.4. The van der Waals surface area contributed by atoms with E-state index in [-0.39, 0.29) is 17.4 Å². The highest BCUT2D eigenvalue weighted by Gasteiger charge is 2.34. The maximum Gasteiger partial charge on any atom is 0.393 e. The van der Waals surface area contributed by atoms with Crippen molar-refractivity contribution in [3.63, 3.8) is 0 Å². The molecular formula is C29H32F4N4O2S2. The number of benzene rings is 2. The number of thiophene rings is 1. The fourth-order valence-corrected chi connectivity index (χ4v) is 7.95. The molecule has 2 aromatic carbocycles. The van der Waals surface area contributed by atoms with Crippen molar-refractivity contribution in [2.45, 2.75) is 54.2 Å². The molecule has 1 aliphatic carbocycles. The highest BCUT2D eigenvalue weighted by Crippen LogP contribution is 2.40. The van der Waals surface area contributed by atoms with E-state index in [0.717, 1.165) is 19.4 Å². The second kappa shape index (κ2) is 11.7. The molecule has 220 valence electrons. The molecule has 0 radical (unpaired) electrons. The average molecular weight is 609 g/mol. The van der Waals surface area contributed by atoms with Crippen LogP contribution in [0.4, 0.5) is 28.9 Å². The maximum atomic E-state index is 14.7. The lowest BCUT2D eigenvalue weighted by atomic mass is 10.0. The van der Waals surface area contributed by atoms with Crippen molar-refractivity contribution in [1.29, 1.82) is 4.78 Å². The number of hydrogen-bond acceptors (Lipinski definition) is 7. The number of methoxy groups -OCH3 is 1. The molecule has 1 aromatic heterocycles. The molecule has 2 aliphatic rings. The van der Waals surface area contributed by atoms with Crippen LogP contribution < -0.4 is 15.4 Å². The molecule has 5 rings (SSSR count). The Morgan fingerprint density at radius 3 is 2.66 bits per heavy atom. The smallest absolute Gasteiger partial charge is 0.393 e. The van der Waals surface area contributed by atoms with E-state index in [1.807, 2.05) is 11.9 Å². The lowest BCUT2D eigenvalue weighted by Crippen LogP contribution is -2.46. The predicted octanol–water partition coefficient (Wildman–Crippen LogP) is 6.50. The van der Waals surface area contributed by atoms with Crippen molar-refractivity contribution in [3.8, 4) is 17.6 Å². The largest absolute Gasteiger partial charge is 0.495 e. The van der Waals surface area contributed by atoms with Gasteiger partial charge in [-0.05, 0) is 61.5 Å². The second-order valence-corrected chi connectivity index (χ2v) is 13.9. The quantitative estimate of drug-likeness (QED) is 0.201. The summed E-state index contributed by atoms with van der Waals surface area (Å²) in [6.07, 6.45) is -4.47. The zero-order valence-electron chi connectivity index (χ0n) is 22.7. The van der Waals surface area contributed by atoms with Gasteiger partial charge >= 0.3 is 6.18 Å². The maximum absolute atomic E-state index is 14.7. The van der Waals surface area contributed by atoms with E-state index in [0.29, 0.717) is 49.9 Å². The highest BCUT2D eigenvalue weighted by atomic mass is 32.2. The molecule has 2 heterocycles. The Labute approximate surface area is 241 Å². The standard InChI is InChI=1S/C29H32F4N4O2S2/c1-37-14-12-23(22(30)17-37)36-25-6-3-5-20-21(16-29(31,32)33)27(40-28(20)25)7-4-13-35-24-11-10-19(15-26(24)39-2)41(34,38)18-8-9-18/h3,5-6,10-11,15,18,22-23,34-36H,8-9,12-14,16-17H2,1-2H3/t22?,23?,41-/m0/s1. The molecule has 12 heteroatoms. The van der Waals surface area contributed by atoms with Gasteiger partial charge in [-0.3, -0.25) is 0 Å². The van der Waals surface area contributed by atoms with E-state index in [2.05, 4.69) is 22.5 Å². The van der Waals surface area contributed by atoms with Gasteiger partial charge in [0.25, 0.3) is 0 Å². The van der Waals surface area contributed by atoms with Gasteiger partial charge < -0.3 is 20.3 Å². The number of fused-ring (bicyclic) bond motifs is 1. The number of hydrogen-bond donors (Lipinski definition) is 3. The Kier molecular flexibility index (Phi) is 8.41. The predicted molar refractivity (Wildman–Crippen MR) is 157 cm³/mol. The fourth-order valence-electron chi connectivity index (χ4n) is 5.04. The van der Waals surface area contributed by atoms with Gasteiger partial charge in [-0.15, -0.1) is 11.3 Å². The molecule has 2 fully saturated rings. The zero-order valence-corrected chi connectivity index (χ0v) is 24.4. The lowest BCUT2D eigenvalue weighted by molar-refractivity contribution is -0.126. The Hall–Kier alpha value is -3.01. The summed E-state index contributed by atoms with van der Waals surface area (Å²) < 4.78 is 82.5. The molecule has 2 unspecified atom stereocenters. The molecule has 1 saturated carbocycles. The molecule has 3 N–H and O–H groups in total. The van der Waals surface area contributed by atoms with Gasteiger partial charge in [0.2, 0.25) is 0 Å². The minimum atomic E-state index is -4.42. The van der Waals surface area contributed by atoms with Crippen LogP contribution in [0, 0.1) is 16.6 Å². The van der Waals surface area contributed by atoms with Crippen LogP contribution in [-0.4, -0.2) is 66.5 Å². The number of ether oxygens (including phenoxy) is 1. The third-order valence-electron chi connectivity index (χ3n) is 7.37. The number of piperidine rings is 1. The topological polar surface area (TPSA) is 77.4 Å². The minimum Gasteiger partial charge on any atom is -0.495 e. The summed E-state index contributed by atoms with van der Waals surface area (Å²) in [5.74, 6) is 6.26. The van der Waals surface area contributed by atoms with E-state index in [1.54, 1.807) is 36.4 Å². The molecule has 1 aliphatic heterocycles. The minimum absolute atomic E-state index is 0.112. The number of anilines is 2. The summed E-state index contributed by atoms with van der Waals surface area (Å²) in [7, 11) is 0.455. The van der Waals surface area contributed by atoms with Crippen LogP contribution in [0.5, 0.6) is 5.75 Å². The van der Waals surface area contributed by atoms with E-state index in [4.69, 9.17) is 9.52 Å². The summed E-state index contributed by atoms with van der Waals surface area (Å²) in [5.41, 5.74) is 1.30. The summed E-state index contributed by atoms with van der Waals surface area (Å²) in [5, 5.41) is 6.69. The SMILES string of the molecule is COc1cc([S@@](=N)(=O)C2CC2)ccc1NCC#Cc1sc2c(NC3CCN(C)CC3F)cccc2c1CC(F)(F)F. The first-order valence-electron chi connectivity index (χ1n) is 13.3. The van der Waals surface area contributed by atoms with Gasteiger partial charge in [-0.25, -0.2) is 13.4 Å². The first kappa shape index (κ1) is 29.5. The van der Waals surface area contributed by atoms with E-state index in [1.165, 1.54) is 18.4 Å². The van der Waals surface area contributed by atoms with Crippen molar-refractivity contribution in [2.24, 2.45) is 0 Å². The van der Waals surface area contributed by atoms with Crippen molar-refractivity contribution in [2.75, 3.05) is 44.4 Å². The van der Waals surface area contributed by atoms with Gasteiger partial charge in [0.05, 0.1) is 61.7 Å². The van der Waals surface area contributed by atoms with Gasteiger partial charge in [0.15, 0.2) is 0 Å². The molecule has 0 bridgehead atoms. The second-order valence-electron chi connectivity index (χ2n) is 10.5. The van der Waals surface area contributed by atoms with Gasteiger partial charge in [-0.2, -0.15) is 13.2 Å². The molecular weight excluding hydrogens is 576 g/mol. The Morgan fingerprint density at radius 1 is 1.20 bits per heavy atom. The van der Waals surface area contributed by atoms with Crippen molar-refractivity contribution < 1.29 is 26.5 Å². The number of rotatable bonds is 8. The van der Waals surface area contributed by atoms with Crippen LogP contribution in [0.25, 0.3) is 10.1 Å². The first-order chi connectivity index (χ1) is 19.5. The Bertz CT molecular complexity index is 1590. The third-order valence-corrected chi connectivity index (χ3v) is 10.9. The van der Waals surface area contributed by atoms with Gasteiger partial charge in [0, 0.05) is 18.3 Å². The number of likely N-dealkylation sites (tertiary alicyclic amines) is 1. The molecule has 0 spiro atoms. The summed E-state index contributed by atoms with van der Waals surface area (Å²) in [6.45, 7) is 1.16. The summed E-state index contributed by atoms with van der Waals surface area (Å²) in [6, 6.07) is 9.61. The normalized spacial score (nSPS) is 21.1. The number of nitrogens with one attached hydrogen (secondary N) is 3. The Balaban J connectivity index is 1.38. The molecule has 3 atom stereocenters. The first-order valence-corrected chi connectivity index (χ1v) is 15.8. The third kappa shape index (κ3) is 6.74. The number of halogens is 4. The van der Waals surface area contributed by atoms with Gasteiger partial charge in [-0.1, -0.05) is 24.0 Å². The average Bonchev–Trinajstić information content (AvgIpc) is 3.72. The lowest BCUT2D eigenvalue weighted by Gasteiger charge is -2.33. The molecule has 6 nitrogen and oxygen atoms in total.